The second-order valence-electron chi connectivity index (χ2n) is 9.82. The predicted octanol–water partition coefficient (Wildman–Crippen LogP) is 7.61. The van der Waals surface area contributed by atoms with Crippen molar-refractivity contribution in [1.29, 1.82) is 0 Å². The van der Waals surface area contributed by atoms with Crippen molar-refractivity contribution in [1.82, 2.24) is 5.32 Å². The van der Waals surface area contributed by atoms with Crippen LogP contribution < -0.4 is 5.32 Å². The van der Waals surface area contributed by atoms with Crippen LogP contribution in [0.3, 0.4) is 0 Å². The van der Waals surface area contributed by atoms with Crippen molar-refractivity contribution in [3.8, 4) is 0 Å². The molecule has 0 radical (unpaired) electrons. The molecule has 0 aliphatic rings. The van der Waals surface area contributed by atoms with E-state index in [9.17, 15) is 15.0 Å². The largest absolute Gasteiger partial charge is 0.394 e. The van der Waals surface area contributed by atoms with Crippen LogP contribution in [0.15, 0.2) is 12.2 Å². The average Bonchev–Trinajstić information content (AvgIpc) is 2.82. The Morgan fingerprint density at radius 2 is 1.12 bits per heavy atom. The van der Waals surface area contributed by atoms with Gasteiger partial charge in [0, 0.05) is 6.42 Å². The first-order valence-electron chi connectivity index (χ1n) is 14.4. The van der Waals surface area contributed by atoms with Crippen molar-refractivity contribution in [2.75, 3.05) is 6.61 Å². The number of unbranched alkanes of at least 4 members (excludes halogenated alkanes) is 18. The van der Waals surface area contributed by atoms with Crippen molar-refractivity contribution in [2.24, 2.45) is 0 Å². The maximum atomic E-state index is 12.2. The van der Waals surface area contributed by atoms with E-state index in [0.717, 1.165) is 25.7 Å². The lowest BCUT2D eigenvalue weighted by atomic mass is 10.0. The average molecular weight is 468 g/mol. The van der Waals surface area contributed by atoms with Crippen LogP contribution in [0.5, 0.6) is 0 Å². The van der Waals surface area contributed by atoms with E-state index in [-0.39, 0.29) is 12.5 Å². The fourth-order valence-corrected chi connectivity index (χ4v) is 4.23. The maximum Gasteiger partial charge on any atom is 0.220 e. The number of allylic oxidation sites excluding steroid dienone is 1. The standard InChI is InChI=1S/C29H57NO3/c1-3-5-7-9-11-13-14-15-17-19-21-23-25-29(33)30-27(26-31)28(32)24-22-20-18-16-12-10-8-6-4-2/h22,24,27-28,31-32H,3-21,23,25-26H2,1-2H3,(H,30,33)/b24-22+. The topological polar surface area (TPSA) is 69.6 Å². The molecule has 0 spiro atoms. The summed E-state index contributed by atoms with van der Waals surface area (Å²) in [5, 5.41) is 22.6. The van der Waals surface area contributed by atoms with Gasteiger partial charge < -0.3 is 15.5 Å². The number of amides is 1. The van der Waals surface area contributed by atoms with Gasteiger partial charge >= 0.3 is 0 Å². The summed E-state index contributed by atoms with van der Waals surface area (Å²) in [4.78, 5) is 12.2. The van der Waals surface area contributed by atoms with Crippen molar-refractivity contribution in [3.05, 3.63) is 12.2 Å². The molecule has 2 unspecified atom stereocenters. The van der Waals surface area contributed by atoms with Gasteiger partial charge in [0.2, 0.25) is 5.91 Å². The van der Waals surface area contributed by atoms with Crippen molar-refractivity contribution in [2.45, 2.75) is 161 Å². The summed E-state index contributed by atoms with van der Waals surface area (Å²) in [5.41, 5.74) is 0. The number of rotatable bonds is 25. The monoisotopic (exact) mass is 467 g/mol. The molecule has 0 aromatic carbocycles. The highest BCUT2D eigenvalue weighted by Gasteiger charge is 2.17. The molecule has 4 heteroatoms. The minimum absolute atomic E-state index is 0.0688. The van der Waals surface area contributed by atoms with Crippen LogP contribution in [0.25, 0.3) is 0 Å². The van der Waals surface area contributed by atoms with Crippen LogP contribution in [-0.2, 0) is 4.79 Å². The normalized spacial score (nSPS) is 13.5. The van der Waals surface area contributed by atoms with Gasteiger partial charge in [0.25, 0.3) is 0 Å². The quantitative estimate of drug-likeness (QED) is 0.0955. The van der Waals surface area contributed by atoms with Gasteiger partial charge in [-0.05, 0) is 19.3 Å². The number of aliphatic hydroxyl groups excluding tert-OH is 2. The van der Waals surface area contributed by atoms with E-state index in [1.54, 1.807) is 6.08 Å². The number of hydrogen-bond acceptors (Lipinski definition) is 3. The van der Waals surface area contributed by atoms with E-state index in [1.165, 1.54) is 103 Å². The first-order valence-corrected chi connectivity index (χ1v) is 14.4. The van der Waals surface area contributed by atoms with Gasteiger partial charge in [-0.15, -0.1) is 0 Å². The summed E-state index contributed by atoms with van der Waals surface area (Å²) in [5.74, 6) is -0.0688. The second-order valence-corrected chi connectivity index (χ2v) is 9.82. The van der Waals surface area contributed by atoms with Gasteiger partial charge in [0.05, 0.1) is 18.8 Å². The van der Waals surface area contributed by atoms with Gasteiger partial charge in [0.1, 0.15) is 0 Å². The fourth-order valence-electron chi connectivity index (χ4n) is 4.23. The number of carbonyl (C=O) groups excluding carboxylic acids is 1. The number of aliphatic hydroxyl groups is 2. The Morgan fingerprint density at radius 3 is 1.58 bits per heavy atom. The molecule has 0 aliphatic heterocycles. The van der Waals surface area contributed by atoms with Gasteiger partial charge in [-0.25, -0.2) is 0 Å². The molecule has 0 fully saturated rings. The molecule has 0 saturated heterocycles. The maximum absolute atomic E-state index is 12.2. The minimum Gasteiger partial charge on any atom is -0.394 e. The highest BCUT2D eigenvalue weighted by Crippen LogP contribution is 2.13. The highest BCUT2D eigenvalue weighted by molar-refractivity contribution is 5.76. The van der Waals surface area contributed by atoms with Crippen molar-refractivity contribution in [3.63, 3.8) is 0 Å². The molecule has 0 aliphatic carbocycles. The molecule has 0 heterocycles. The summed E-state index contributed by atoms with van der Waals surface area (Å²) in [7, 11) is 0. The van der Waals surface area contributed by atoms with Crippen LogP contribution in [-0.4, -0.2) is 34.9 Å². The molecule has 4 nitrogen and oxygen atoms in total. The number of hydrogen-bond donors (Lipinski definition) is 3. The first-order chi connectivity index (χ1) is 16.2. The Morgan fingerprint density at radius 1 is 0.697 bits per heavy atom. The summed E-state index contributed by atoms with van der Waals surface area (Å²) in [6, 6.07) is -0.611. The fraction of sp³-hybridized carbons (Fsp3) is 0.897. The Balaban J connectivity index is 3.68. The molecule has 33 heavy (non-hydrogen) atoms. The van der Waals surface area contributed by atoms with E-state index < -0.39 is 12.1 Å². The lowest BCUT2D eigenvalue weighted by Gasteiger charge is -2.20. The summed E-state index contributed by atoms with van der Waals surface area (Å²) in [6.45, 7) is 4.25. The van der Waals surface area contributed by atoms with Gasteiger partial charge in [-0.3, -0.25) is 4.79 Å². The van der Waals surface area contributed by atoms with Crippen molar-refractivity contribution >= 4 is 5.91 Å². The van der Waals surface area contributed by atoms with E-state index >= 15 is 0 Å². The Hall–Kier alpha value is -0.870. The van der Waals surface area contributed by atoms with Gasteiger partial charge in [0.15, 0.2) is 0 Å². The molecule has 3 N–H and O–H groups in total. The molecule has 1 amide bonds. The molecule has 196 valence electrons. The lowest BCUT2D eigenvalue weighted by Crippen LogP contribution is -2.45. The third-order valence-corrected chi connectivity index (χ3v) is 6.52. The van der Waals surface area contributed by atoms with Crippen LogP contribution >= 0.6 is 0 Å². The predicted molar refractivity (Wildman–Crippen MR) is 142 cm³/mol. The van der Waals surface area contributed by atoms with E-state index in [1.807, 2.05) is 6.08 Å². The van der Waals surface area contributed by atoms with Gasteiger partial charge in [-0.2, -0.15) is 0 Å². The van der Waals surface area contributed by atoms with E-state index in [2.05, 4.69) is 19.2 Å². The smallest absolute Gasteiger partial charge is 0.220 e. The molecule has 0 saturated carbocycles. The molecule has 0 bridgehead atoms. The second kappa shape index (κ2) is 25.7. The van der Waals surface area contributed by atoms with Crippen LogP contribution in [0.2, 0.25) is 0 Å². The molecular weight excluding hydrogens is 410 g/mol. The van der Waals surface area contributed by atoms with Crippen LogP contribution in [0, 0.1) is 0 Å². The summed E-state index contributed by atoms with van der Waals surface area (Å²) in [6.07, 6.45) is 28.5. The molecule has 0 aromatic rings. The van der Waals surface area contributed by atoms with E-state index in [0.29, 0.717) is 6.42 Å². The highest BCUT2D eigenvalue weighted by atomic mass is 16.3. The first kappa shape index (κ1) is 32.1. The molecular formula is C29H57NO3. The SMILES string of the molecule is CCCCCCCCC/C=C/C(O)C(CO)NC(=O)CCCCCCCCCCCCCC. The third kappa shape index (κ3) is 22.7. The third-order valence-electron chi connectivity index (χ3n) is 6.52. The summed E-state index contributed by atoms with van der Waals surface area (Å²) < 4.78 is 0. The zero-order valence-electron chi connectivity index (χ0n) is 22.2. The zero-order chi connectivity index (χ0) is 24.4. The van der Waals surface area contributed by atoms with Crippen LogP contribution in [0.1, 0.15) is 149 Å². The summed E-state index contributed by atoms with van der Waals surface area (Å²) >= 11 is 0. The lowest BCUT2D eigenvalue weighted by molar-refractivity contribution is -0.123. The number of carbonyl (C=O) groups is 1. The van der Waals surface area contributed by atoms with Gasteiger partial charge in [-0.1, -0.05) is 135 Å². The zero-order valence-corrected chi connectivity index (χ0v) is 22.2. The Kier molecular flexibility index (Phi) is 25.1. The Bertz CT molecular complexity index is 439. The van der Waals surface area contributed by atoms with Crippen LogP contribution in [0.4, 0.5) is 0 Å². The van der Waals surface area contributed by atoms with E-state index in [4.69, 9.17) is 0 Å². The van der Waals surface area contributed by atoms with Crippen molar-refractivity contribution < 1.29 is 15.0 Å². The number of nitrogens with one attached hydrogen (secondary N) is 1. The Labute approximate surface area is 206 Å². The molecule has 0 aromatic heterocycles. The minimum atomic E-state index is -0.828. The molecule has 0 rings (SSSR count). The molecule has 2 atom stereocenters.